The summed E-state index contributed by atoms with van der Waals surface area (Å²) in [5.41, 5.74) is 3.41. The van der Waals surface area contributed by atoms with E-state index in [0.717, 1.165) is 17.7 Å². The molecule has 1 aliphatic heterocycles. The fraction of sp³-hybridized carbons (Fsp3) is 0.348. The molecule has 0 spiro atoms. The van der Waals surface area contributed by atoms with Gasteiger partial charge in [-0.05, 0) is 67.6 Å². The number of aromatic nitrogens is 2. The van der Waals surface area contributed by atoms with E-state index < -0.39 is 15.8 Å². The third-order valence-electron chi connectivity index (χ3n) is 5.90. The summed E-state index contributed by atoms with van der Waals surface area (Å²) in [6.07, 6.45) is 1.18. The van der Waals surface area contributed by atoms with Gasteiger partial charge in [0.1, 0.15) is 5.82 Å². The number of nitrogens with zero attached hydrogens (tertiary/aromatic N) is 3. The van der Waals surface area contributed by atoms with E-state index in [0.29, 0.717) is 25.2 Å². The summed E-state index contributed by atoms with van der Waals surface area (Å²) < 4.78 is 45.5. The number of anilines is 1. The number of piperidine rings is 1. The molecule has 0 radical (unpaired) electrons. The molecule has 0 saturated carbocycles. The lowest BCUT2D eigenvalue weighted by Gasteiger charge is -2.30. The molecule has 1 fully saturated rings. The van der Waals surface area contributed by atoms with Crippen LogP contribution in [0.25, 0.3) is 0 Å². The molecule has 3 aromatic rings. The van der Waals surface area contributed by atoms with Crippen LogP contribution in [0.4, 0.5) is 10.4 Å². The van der Waals surface area contributed by atoms with E-state index in [1.54, 1.807) is 0 Å². The highest BCUT2D eigenvalue weighted by atomic mass is 32.2. The molecule has 10 heteroatoms. The van der Waals surface area contributed by atoms with Crippen LogP contribution in [0.2, 0.25) is 0 Å². The van der Waals surface area contributed by atoms with Gasteiger partial charge in [-0.25, -0.2) is 12.8 Å². The van der Waals surface area contributed by atoms with E-state index in [9.17, 15) is 17.6 Å². The lowest BCUT2D eigenvalue weighted by molar-refractivity contribution is -0.121. The van der Waals surface area contributed by atoms with Crippen molar-refractivity contribution in [3.8, 4) is 0 Å². The highest BCUT2D eigenvalue weighted by molar-refractivity contribution is 7.89. The zero-order valence-electron chi connectivity index (χ0n) is 18.4. The van der Waals surface area contributed by atoms with Gasteiger partial charge < -0.3 is 4.42 Å². The molecule has 33 heavy (non-hydrogen) atoms. The van der Waals surface area contributed by atoms with Crippen LogP contribution in [-0.2, 0) is 21.2 Å². The van der Waals surface area contributed by atoms with Gasteiger partial charge in [0.2, 0.25) is 21.8 Å². The van der Waals surface area contributed by atoms with E-state index >= 15 is 0 Å². The Morgan fingerprint density at radius 3 is 2.45 bits per heavy atom. The van der Waals surface area contributed by atoms with E-state index in [4.69, 9.17) is 4.42 Å². The van der Waals surface area contributed by atoms with Crippen molar-refractivity contribution in [1.29, 1.82) is 0 Å². The number of carbonyl (C=O) groups excluding carboxylic acids is 1. The number of nitrogens with one attached hydrogen (secondary N) is 1. The Morgan fingerprint density at radius 2 is 1.79 bits per heavy atom. The Bertz CT molecular complexity index is 1250. The largest absolute Gasteiger partial charge is 0.407 e. The van der Waals surface area contributed by atoms with Crippen LogP contribution < -0.4 is 5.32 Å². The van der Waals surface area contributed by atoms with Crippen molar-refractivity contribution < 1.29 is 22.0 Å². The van der Waals surface area contributed by atoms with Gasteiger partial charge in [-0.2, -0.15) is 4.31 Å². The Morgan fingerprint density at radius 1 is 1.09 bits per heavy atom. The van der Waals surface area contributed by atoms with Crippen LogP contribution in [0, 0.1) is 25.6 Å². The molecular weight excluding hydrogens is 447 g/mol. The third-order valence-corrected chi connectivity index (χ3v) is 7.81. The number of amides is 1. The fourth-order valence-electron chi connectivity index (χ4n) is 3.79. The molecule has 1 saturated heterocycles. The van der Waals surface area contributed by atoms with Gasteiger partial charge in [0.05, 0.1) is 11.3 Å². The highest BCUT2D eigenvalue weighted by Gasteiger charge is 2.32. The van der Waals surface area contributed by atoms with E-state index in [2.05, 4.69) is 21.6 Å². The summed E-state index contributed by atoms with van der Waals surface area (Å²) in [4.78, 5) is 12.7. The zero-order chi connectivity index (χ0) is 23.6. The predicted molar refractivity (Wildman–Crippen MR) is 120 cm³/mol. The quantitative estimate of drug-likeness (QED) is 0.589. The van der Waals surface area contributed by atoms with Gasteiger partial charge in [0.15, 0.2) is 0 Å². The summed E-state index contributed by atoms with van der Waals surface area (Å²) in [5.74, 6) is -0.758. The molecule has 4 rings (SSSR count). The zero-order valence-corrected chi connectivity index (χ0v) is 19.2. The number of sulfonamides is 1. The third kappa shape index (κ3) is 5.28. The van der Waals surface area contributed by atoms with Gasteiger partial charge in [0.25, 0.3) is 0 Å². The van der Waals surface area contributed by atoms with Gasteiger partial charge in [0, 0.05) is 19.0 Å². The number of carbonyl (C=O) groups is 1. The first-order valence-electron chi connectivity index (χ1n) is 10.7. The summed E-state index contributed by atoms with van der Waals surface area (Å²) in [5, 5.41) is 10.5. The molecule has 0 unspecified atom stereocenters. The van der Waals surface area contributed by atoms with Crippen molar-refractivity contribution in [2.45, 2.75) is 38.0 Å². The van der Waals surface area contributed by atoms with Gasteiger partial charge in [-0.1, -0.05) is 23.3 Å². The van der Waals surface area contributed by atoms with Crippen LogP contribution in [0.15, 0.2) is 51.8 Å². The molecule has 2 aromatic carbocycles. The molecule has 8 nitrogen and oxygen atoms in total. The fourth-order valence-corrected chi connectivity index (χ4v) is 5.25. The summed E-state index contributed by atoms with van der Waals surface area (Å²) in [6, 6.07) is 10.8. The molecule has 1 N–H and O–H groups in total. The van der Waals surface area contributed by atoms with Crippen LogP contribution in [0.1, 0.15) is 35.4 Å². The number of aryl methyl sites for hydroxylation is 2. The standard InChI is InChI=1S/C23H25FN4O4S/c1-15-3-4-17(13-16(15)2)14-21-26-27-23(32-21)25-22(29)18-9-11-28(12-10-18)33(30,31)20-7-5-19(24)6-8-20/h3-8,13,18H,9-12,14H2,1-2H3,(H,25,27,29). The number of hydrogen-bond donors (Lipinski definition) is 1. The maximum Gasteiger partial charge on any atom is 0.322 e. The second kappa shape index (κ2) is 9.40. The van der Waals surface area contributed by atoms with Gasteiger partial charge in [-0.15, -0.1) is 5.10 Å². The van der Waals surface area contributed by atoms with Crippen LogP contribution in [-0.4, -0.2) is 41.9 Å². The minimum Gasteiger partial charge on any atom is -0.407 e. The summed E-state index contributed by atoms with van der Waals surface area (Å²) >= 11 is 0. The van der Waals surface area contributed by atoms with Gasteiger partial charge >= 0.3 is 6.01 Å². The van der Waals surface area contributed by atoms with Crippen molar-refractivity contribution >= 4 is 21.9 Å². The Kier molecular flexibility index (Phi) is 6.57. The molecule has 0 aliphatic carbocycles. The van der Waals surface area contributed by atoms with Crippen LogP contribution in [0.3, 0.4) is 0 Å². The molecule has 1 aliphatic rings. The topological polar surface area (TPSA) is 105 Å². The highest BCUT2D eigenvalue weighted by Crippen LogP contribution is 2.25. The summed E-state index contributed by atoms with van der Waals surface area (Å²) in [7, 11) is -3.73. The Balaban J connectivity index is 1.32. The maximum absolute atomic E-state index is 13.1. The lowest BCUT2D eigenvalue weighted by atomic mass is 9.97. The second-order valence-electron chi connectivity index (χ2n) is 8.22. The molecule has 2 heterocycles. The molecule has 1 aromatic heterocycles. The monoisotopic (exact) mass is 472 g/mol. The average molecular weight is 473 g/mol. The van der Waals surface area contributed by atoms with Crippen molar-refractivity contribution in [3.63, 3.8) is 0 Å². The van der Waals surface area contributed by atoms with Crippen molar-refractivity contribution in [1.82, 2.24) is 14.5 Å². The van der Waals surface area contributed by atoms with Crippen molar-refractivity contribution in [2.75, 3.05) is 18.4 Å². The van der Waals surface area contributed by atoms with E-state index in [1.165, 1.54) is 27.6 Å². The molecule has 0 bridgehead atoms. The molecule has 174 valence electrons. The molecule has 1 amide bonds. The van der Waals surface area contributed by atoms with Crippen LogP contribution in [0.5, 0.6) is 0 Å². The Hall–Kier alpha value is -3.11. The number of benzene rings is 2. The number of rotatable bonds is 6. The Labute approximate surface area is 191 Å². The van der Waals surface area contributed by atoms with E-state index in [-0.39, 0.29) is 35.8 Å². The van der Waals surface area contributed by atoms with Crippen molar-refractivity contribution in [2.24, 2.45) is 5.92 Å². The normalized spacial score (nSPS) is 15.5. The summed E-state index contributed by atoms with van der Waals surface area (Å²) in [6.45, 7) is 4.47. The first kappa shape index (κ1) is 23.1. The minimum atomic E-state index is -3.73. The number of halogens is 1. The van der Waals surface area contributed by atoms with E-state index in [1.807, 2.05) is 26.0 Å². The molecular formula is C23H25FN4O4S. The molecule has 0 atom stereocenters. The smallest absolute Gasteiger partial charge is 0.322 e. The first-order chi connectivity index (χ1) is 15.7. The van der Waals surface area contributed by atoms with Crippen molar-refractivity contribution in [3.05, 3.63) is 70.9 Å². The predicted octanol–water partition coefficient (Wildman–Crippen LogP) is 3.46. The van der Waals surface area contributed by atoms with Gasteiger partial charge in [-0.3, -0.25) is 10.1 Å². The average Bonchev–Trinajstić information content (AvgIpc) is 3.23. The minimum absolute atomic E-state index is 0.0280. The maximum atomic E-state index is 13.1. The van der Waals surface area contributed by atoms with Crippen LogP contribution >= 0.6 is 0 Å². The first-order valence-corrected chi connectivity index (χ1v) is 12.1. The second-order valence-corrected chi connectivity index (χ2v) is 10.2. The number of hydrogen-bond acceptors (Lipinski definition) is 6. The SMILES string of the molecule is Cc1ccc(Cc2nnc(NC(=O)C3CCN(S(=O)(=O)c4ccc(F)cc4)CC3)o2)cc1C. The lowest BCUT2D eigenvalue weighted by Crippen LogP contribution is -2.41.